The zero-order valence-electron chi connectivity index (χ0n) is 19.6. The number of ether oxygens (including phenoxy) is 4. The van der Waals surface area contributed by atoms with Gasteiger partial charge in [0.1, 0.15) is 41.5 Å². The van der Waals surface area contributed by atoms with Gasteiger partial charge < -0.3 is 30.0 Å². The van der Waals surface area contributed by atoms with E-state index < -0.39 is 35.5 Å². The highest BCUT2D eigenvalue weighted by Gasteiger charge is 2.71. The number of amidine groups is 1. The molecule has 1 unspecified atom stereocenters. The number of carbonyl (C=O) groups is 1. The van der Waals surface area contributed by atoms with Gasteiger partial charge in [-0.25, -0.2) is 18.8 Å². The number of amides is 1. The number of hydrogen-bond acceptors (Lipinski definition) is 8. The highest BCUT2D eigenvalue weighted by molar-refractivity contribution is 6.04. The molecule has 11 heteroatoms. The SMILES string of the molecule is Cc1cc(OCC(F)F)cnc1C(=O)Nc1ccc2c(c1)C1(COC(N)=N1)C1(COC1)C(C)(C)O2. The van der Waals surface area contributed by atoms with Gasteiger partial charge in [0.2, 0.25) is 0 Å². The quantitative estimate of drug-likeness (QED) is 0.664. The van der Waals surface area contributed by atoms with Crippen molar-refractivity contribution in [3.63, 3.8) is 0 Å². The maximum atomic E-state index is 13.0. The van der Waals surface area contributed by atoms with E-state index in [4.69, 9.17) is 29.7 Å². The van der Waals surface area contributed by atoms with Crippen LogP contribution >= 0.6 is 0 Å². The summed E-state index contributed by atoms with van der Waals surface area (Å²) in [6.07, 6.45) is -1.36. The predicted octanol–water partition coefficient (Wildman–Crippen LogP) is 3.01. The lowest BCUT2D eigenvalue weighted by Crippen LogP contribution is -2.71. The number of aliphatic imine (C=N–C) groups is 1. The molecule has 5 rings (SSSR count). The molecule has 1 aromatic heterocycles. The van der Waals surface area contributed by atoms with E-state index >= 15 is 0 Å². The van der Waals surface area contributed by atoms with Gasteiger partial charge in [-0.15, -0.1) is 0 Å². The number of halogens is 2. The summed E-state index contributed by atoms with van der Waals surface area (Å²) in [5.41, 5.74) is 5.93. The van der Waals surface area contributed by atoms with Crippen molar-refractivity contribution in [2.45, 2.75) is 38.3 Å². The lowest BCUT2D eigenvalue weighted by Gasteiger charge is -2.61. The third-order valence-electron chi connectivity index (χ3n) is 7.06. The van der Waals surface area contributed by atoms with Crippen molar-refractivity contribution in [2.75, 3.05) is 31.7 Å². The molecule has 186 valence electrons. The number of benzene rings is 1. The molecule has 9 nitrogen and oxygen atoms in total. The van der Waals surface area contributed by atoms with Crippen LogP contribution in [0.5, 0.6) is 11.5 Å². The minimum absolute atomic E-state index is 0.100. The minimum atomic E-state index is -2.60. The van der Waals surface area contributed by atoms with Gasteiger partial charge in [-0.3, -0.25) is 4.79 Å². The van der Waals surface area contributed by atoms with Crippen molar-refractivity contribution >= 4 is 17.6 Å². The van der Waals surface area contributed by atoms with Crippen LogP contribution < -0.4 is 20.5 Å². The molecule has 3 aliphatic heterocycles. The lowest BCUT2D eigenvalue weighted by atomic mass is 9.55. The van der Waals surface area contributed by atoms with Crippen molar-refractivity contribution in [1.82, 2.24) is 4.98 Å². The third-order valence-corrected chi connectivity index (χ3v) is 7.06. The van der Waals surface area contributed by atoms with Crippen molar-refractivity contribution in [3.05, 3.63) is 47.3 Å². The van der Waals surface area contributed by atoms with Crippen molar-refractivity contribution in [3.8, 4) is 11.5 Å². The fourth-order valence-electron chi connectivity index (χ4n) is 5.07. The van der Waals surface area contributed by atoms with Gasteiger partial charge in [0.15, 0.2) is 0 Å². The van der Waals surface area contributed by atoms with E-state index in [1.54, 1.807) is 19.1 Å². The second-order valence-corrected chi connectivity index (χ2v) is 9.49. The number of nitrogens with two attached hydrogens (primary N) is 1. The lowest BCUT2D eigenvalue weighted by molar-refractivity contribution is -0.247. The molecule has 1 atom stereocenters. The highest BCUT2D eigenvalue weighted by atomic mass is 19.3. The first-order valence-electron chi connectivity index (χ1n) is 11.2. The van der Waals surface area contributed by atoms with Gasteiger partial charge in [0, 0.05) is 11.3 Å². The standard InChI is InChI=1S/C24H26F2N4O5/c1-13-6-15(33-9-18(25)26)8-28-19(13)20(31)29-14-4-5-17-16(7-14)24(12-34-21(27)30-24)23(10-32-11-23)22(2,3)35-17/h4-8,18H,9-12H2,1-3H3,(H2,27,30)(H,29,31). The summed E-state index contributed by atoms with van der Waals surface area (Å²) in [6, 6.07) is 6.92. The second-order valence-electron chi connectivity index (χ2n) is 9.49. The summed E-state index contributed by atoms with van der Waals surface area (Å²) in [5.74, 6) is 0.336. The molecule has 2 spiro atoms. The fourth-order valence-corrected chi connectivity index (χ4v) is 5.07. The minimum Gasteiger partial charge on any atom is -0.487 e. The Kier molecular flexibility index (Phi) is 5.35. The molecule has 0 saturated carbocycles. The monoisotopic (exact) mass is 488 g/mol. The molecule has 0 radical (unpaired) electrons. The van der Waals surface area contributed by atoms with E-state index in [2.05, 4.69) is 10.3 Å². The Morgan fingerprint density at radius 3 is 2.63 bits per heavy atom. The molecule has 1 aromatic carbocycles. The molecule has 3 aliphatic rings. The zero-order valence-corrected chi connectivity index (χ0v) is 19.6. The average molecular weight is 488 g/mol. The molecule has 1 saturated heterocycles. The molecule has 3 N–H and O–H groups in total. The second kappa shape index (κ2) is 8.04. The van der Waals surface area contributed by atoms with E-state index in [0.717, 1.165) is 5.56 Å². The molecule has 0 bridgehead atoms. The summed E-state index contributed by atoms with van der Waals surface area (Å²) < 4.78 is 47.4. The summed E-state index contributed by atoms with van der Waals surface area (Å²) in [6.45, 7) is 6.01. The Bertz CT molecular complexity index is 1210. The zero-order chi connectivity index (χ0) is 25.0. The number of nitrogens with zero attached hydrogens (tertiary/aromatic N) is 2. The number of anilines is 1. The van der Waals surface area contributed by atoms with Crippen LogP contribution in [-0.2, 0) is 15.0 Å². The number of rotatable bonds is 5. The first kappa shape index (κ1) is 23.3. The van der Waals surface area contributed by atoms with Gasteiger partial charge in [-0.1, -0.05) is 0 Å². The normalized spacial score (nSPS) is 23.2. The number of nitrogens with one attached hydrogen (secondary N) is 1. The van der Waals surface area contributed by atoms with E-state index in [-0.39, 0.29) is 24.1 Å². The van der Waals surface area contributed by atoms with Gasteiger partial charge >= 0.3 is 0 Å². The first-order chi connectivity index (χ1) is 16.6. The van der Waals surface area contributed by atoms with Gasteiger partial charge in [0.25, 0.3) is 18.4 Å². The molecule has 0 aliphatic carbocycles. The van der Waals surface area contributed by atoms with Crippen molar-refractivity contribution in [1.29, 1.82) is 0 Å². The largest absolute Gasteiger partial charge is 0.487 e. The number of fused-ring (bicyclic) bond motifs is 3. The van der Waals surface area contributed by atoms with E-state index in [0.29, 0.717) is 30.2 Å². The van der Waals surface area contributed by atoms with Crippen LogP contribution in [0.25, 0.3) is 0 Å². The molecule has 4 heterocycles. The summed E-state index contributed by atoms with van der Waals surface area (Å²) in [7, 11) is 0. The number of aromatic nitrogens is 1. The van der Waals surface area contributed by atoms with Gasteiger partial charge in [-0.05, 0) is 50.6 Å². The van der Waals surface area contributed by atoms with E-state index in [1.165, 1.54) is 12.3 Å². The van der Waals surface area contributed by atoms with Crippen molar-refractivity contribution < 1.29 is 32.5 Å². The van der Waals surface area contributed by atoms with Crippen LogP contribution in [0.15, 0.2) is 35.5 Å². The number of pyridine rings is 1. The van der Waals surface area contributed by atoms with E-state index in [1.807, 2.05) is 19.9 Å². The van der Waals surface area contributed by atoms with Gasteiger partial charge in [0.05, 0.1) is 24.8 Å². The third kappa shape index (κ3) is 3.56. The number of aryl methyl sites for hydroxylation is 1. The smallest absolute Gasteiger partial charge is 0.283 e. The number of hydrogen-bond donors (Lipinski definition) is 2. The Balaban J connectivity index is 1.45. The Hall–Kier alpha value is -3.47. The first-order valence-corrected chi connectivity index (χ1v) is 11.2. The molecule has 1 amide bonds. The topological polar surface area (TPSA) is 117 Å². The highest BCUT2D eigenvalue weighted by Crippen LogP contribution is 2.62. The van der Waals surface area contributed by atoms with Crippen LogP contribution in [0.4, 0.5) is 14.5 Å². The molecular weight excluding hydrogens is 462 g/mol. The fraction of sp³-hybridized carbons (Fsp3) is 0.458. The van der Waals surface area contributed by atoms with Gasteiger partial charge in [-0.2, -0.15) is 0 Å². The van der Waals surface area contributed by atoms with Crippen LogP contribution in [0.1, 0.15) is 35.5 Å². The summed E-state index contributed by atoms with van der Waals surface area (Å²) in [5, 5.41) is 2.85. The van der Waals surface area contributed by atoms with Crippen LogP contribution in [-0.4, -0.2) is 55.4 Å². The maximum Gasteiger partial charge on any atom is 0.283 e. The Morgan fingerprint density at radius 2 is 2.03 bits per heavy atom. The summed E-state index contributed by atoms with van der Waals surface area (Å²) >= 11 is 0. The van der Waals surface area contributed by atoms with E-state index in [9.17, 15) is 13.6 Å². The van der Waals surface area contributed by atoms with Crippen LogP contribution in [0.2, 0.25) is 0 Å². The average Bonchev–Trinajstić information content (AvgIpc) is 3.13. The maximum absolute atomic E-state index is 13.0. The number of carbonyl (C=O) groups excluding carboxylic acids is 1. The number of alkyl halides is 2. The molecular formula is C24H26F2N4O5. The molecule has 1 fully saturated rings. The predicted molar refractivity (Wildman–Crippen MR) is 122 cm³/mol. The molecule has 2 aromatic rings. The van der Waals surface area contributed by atoms with Crippen LogP contribution in [0, 0.1) is 12.3 Å². The molecule has 35 heavy (non-hydrogen) atoms. The summed E-state index contributed by atoms with van der Waals surface area (Å²) in [4.78, 5) is 21.8. The van der Waals surface area contributed by atoms with Crippen LogP contribution in [0.3, 0.4) is 0 Å². The van der Waals surface area contributed by atoms with Crippen molar-refractivity contribution in [2.24, 2.45) is 16.1 Å². The Labute approximate surface area is 200 Å². The Morgan fingerprint density at radius 1 is 1.26 bits per heavy atom.